The Morgan fingerprint density at radius 1 is 1.56 bits per heavy atom. The van der Waals surface area contributed by atoms with Crippen molar-refractivity contribution in [3.63, 3.8) is 0 Å². The van der Waals surface area contributed by atoms with E-state index in [-0.39, 0.29) is 11.8 Å². The van der Waals surface area contributed by atoms with Crippen LogP contribution >= 0.6 is 0 Å². The summed E-state index contributed by atoms with van der Waals surface area (Å²) in [6.45, 7) is 0.877. The topological polar surface area (TPSA) is 73.1 Å². The van der Waals surface area contributed by atoms with Gasteiger partial charge < -0.3 is 13.9 Å². The number of hydrogen-bond acceptors (Lipinski definition) is 5. The summed E-state index contributed by atoms with van der Waals surface area (Å²) in [5.74, 6) is -0.195. The first-order valence-corrected chi connectivity index (χ1v) is 4.70. The fraction of sp³-hybridized carbons (Fsp3) is 0.400. The molecule has 0 aliphatic rings. The number of amidine groups is 1. The Morgan fingerprint density at radius 3 is 2.94 bits per heavy atom. The summed E-state index contributed by atoms with van der Waals surface area (Å²) in [4.78, 5) is 15.5. The van der Waals surface area contributed by atoms with E-state index in [9.17, 15) is 4.79 Å². The highest BCUT2D eigenvalue weighted by Gasteiger charge is 2.10. The summed E-state index contributed by atoms with van der Waals surface area (Å²) in [6.07, 6.45) is 1.42. The van der Waals surface area contributed by atoms with Gasteiger partial charge in [0, 0.05) is 7.11 Å². The van der Waals surface area contributed by atoms with Crippen LogP contribution in [0.5, 0.6) is 0 Å². The summed E-state index contributed by atoms with van der Waals surface area (Å²) in [7, 11) is 3.00. The predicted octanol–water partition coefficient (Wildman–Crippen LogP) is 0.658. The Balaban J connectivity index is 2.50. The molecule has 6 nitrogen and oxygen atoms in total. The summed E-state index contributed by atoms with van der Waals surface area (Å²) in [5.41, 5.74) is 0. The lowest BCUT2D eigenvalue weighted by molar-refractivity contribution is 0.0941. The molecule has 0 fully saturated rings. The molecule has 0 saturated heterocycles. The van der Waals surface area contributed by atoms with Gasteiger partial charge >= 0.3 is 0 Å². The van der Waals surface area contributed by atoms with Crippen molar-refractivity contribution in [2.24, 2.45) is 4.99 Å². The number of ether oxygens (including phenoxy) is 2. The summed E-state index contributed by atoms with van der Waals surface area (Å²) < 4.78 is 14.6. The van der Waals surface area contributed by atoms with Gasteiger partial charge in [0.1, 0.15) is 0 Å². The number of nitrogens with one attached hydrogen (secondary N) is 1. The van der Waals surface area contributed by atoms with E-state index in [0.29, 0.717) is 13.2 Å². The van der Waals surface area contributed by atoms with Crippen LogP contribution in [0.3, 0.4) is 0 Å². The van der Waals surface area contributed by atoms with Gasteiger partial charge in [-0.1, -0.05) is 0 Å². The molecule has 88 valence electrons. The highest BCUT2D eigenvalue weighted by Crippen LogP contribution is 1.99. The Labute approximate surface area is 93.2 Å². The van der Waals surface area contributed by atoms with Crippen molar-refractivity contribution >= 4 is 11.9 Å². The molecule has 0 aliphatic heterocycles. The van der Waals surface area contributed by atoms with Gasteiger partial charge in [-0.05, 0) is 12.1 Å². The molecule has 1 heterocycles. The molecule has 0 atom stereocenters. The van der Waals surface area contributed by atoms with Gasteiger partial charge in [-0.2, -0.15) is 0 Å². The molecule has 0 aromatic carbocycles. The number of aliphatic imine (C=N–C) groups is 1. The number of amides is 1. The second-order valence-electron chi connectivity index (χ2n) is 2.82. The molecular weight excluding hydrogens is 212 g/mol. The maximum atomic E-state index is 11.5. The normalized spacial score (nSPS) is 11.2. The van der Waals surface area contributed by atoms with Gasteiger partial charge in [-0.15, -0.1) is 0 Å². The number of rotatable bonds is 4. The zero-order chi connectivity index (χ0) is 11.8. The highest BCUT2D eigenvalue weighted by atomic mass is 16.5. The van der Waals surface area contributed by atoms with Crippen LogP contribution in [0, 0.1) is 0 Å². The van der Waals surface area contributed by atoms with Crippen LogP contribution in [0.2, 0.25) is 0 Å². The van der Waals surface area contributed by atoms with Crippen molar-refractivity contribution in [3.05, 3.63) is 24.2 Å². The molecule has 1 amide bonds. The fourth-order valence-corrected chi connectivity index (χ4v) is 0.960. The van der Waals surface area contributed by atoms with Crippen molar-refractivity contribution in [1.82, 2.24) is 5.32 Å². The quantitative estimate of drug-likeness (QED) is 0.465. The minimum Gasteiger partial charge on any atom is -0.468 e. The van der Waals surface area contributed by atoms with E-state index in [4.69, 9.17) is 13.9 Å². The van der Waals surface area contributed by atoms with Crippen molar-refractivity contribution < 1.29 is 18.7 Å². The molecule has 0 unspecified atom stereocenters. The lowest BCUT2D eigenvalue weighted by atomic mass is 10.4. The van der Waals surface area contributed by atoms with Crippen LogP contribution in [-0.2, 0) is 9.47 Å². The zero-order valence-corrected chi connectivity index (χ0v) is 9.23. The summed E-state index contributed by atoms with van der Waals surface area (Å²) >= 11 is 0. The zero-order valence-electron chi connectivity index (χ0n) is 9.23. The van der Waals surface area contributed by atoms with Gasteiger partial charge in [0.2, 0.25) is 0 Å². The first-order valence-electron chi connectivity index (χ1n) is 4.70. The van der Waals surface area contributed by atoms with Gasteiger partial charge in [0.25, 0.3) is 11.9 Å². The Bertz CT molecular complexity index is 346. The molecule has 1 N–H and O–H groups in total. The molecule has 1 aromatic rings. The van der Waals surface area contributed by atoms with Crippen molar-refractivity contribution in [1.29, 1.82) is 0 Å². The summed E-state index contributed by atoms with van der Waals surface area (Å²) in [6, 6.07) is 3.32. The van der Waals surface area contributed by atoms with E-state index in [1.807, 2.05) is 0 Å². The molecule has 0 radical (unpaired) electrons. The van der Waals surface area contributed by atoms with E-state index >= 15 is 0 Å². The molecule has 0 saturated carbocycles. The first kappa shape index (κ1) is 12.3. The minimum absolute atomic E-state index is 0.137. The van der Waals surface area contributed by atoms with Gasteiger partial charge in [-0.25, -0.2) is 4.99 Å². The number of hydrogen-bond donors (Lipinski definition) is 1. The maximum Gasteiger partial charge on any atom is 0.294 e. The van der Waals surface area contributed by atoms with E-state index in [1.165, 1.54) is 13.4 Å². The molecule has 16 heavy (non-hydrogen) atoms. The van der Waals surface area contributed by atoms with Crippen LogP contribution in [0.25, 0.3) is 0 Å². The second-order valence-corrected chi connectivity index (χ2v) is 2.82. The molecule has 0 aliphatic carbocycles. The van der Waals surface area contributed by atoms with Gasteiger partial charge in [0.05, 0.1) is 26.5 Å². The second kappa shape index (κ2) is 6.62. The average molecular weight is 226 g/mol. The van der Waals surface area contributed by atoms with Crippen LogP contribution in [0.15, 0.2) is 27.8 Å². The molecule has 1 aromatic heterocycles. The molecule has 0 bridgehead atoms. The van der Waals surface area contributed by atoms with Crippen LogP contribution in [0.4, 0.5) is 0 Å². The van der Waals surface area contributed by atoms with E-state index < -0.39 is 5.91 Å². The van der Waals surface area contributed by atoms with Crippen molar-refractivity contribution in [2.75, 3.05) is 27.4 Å². The Hall–Kier alpha value is -1.82. The lowest BCUT2D eigenvalue weighted by Gasteiger charge is -2.05. The number of methoxy groups -OCH3 is 2. The van der Waals surface area contributed by atoms with Gasteiger partial charge in [0.15, 0.2) is 5.76 Å². The van der Waals surface area contributed by atoms with Crippen LogP contribution in [-0.4, -0.2) is 39.3 Å². The van der Waals surface area contributed by atoms with Crippen molar-refractivity contribution in [3.8, 4) is 0 Å². The predicted molar refractivity (Wildman–Crippen MR) is 57.4 cm³/mol. The molecular formula is C10H14N2O4. The third-order valence-corrected chi connectivity index (χ3v) is 1.71. The van der Waals surface area contributed by atoms with Crippen LogP contribution in [0.1, 0.15) is 10.6 Å². The van der Waals surface area contributed by atoms with Crippen molar-refractivity contribution in [2.45, 2.75) is 0 Å². The highest BCUT2D eigenvalue weighted by molar-refractivity contribution is 6.02. The molecule has 1 rings (SSSR count). The fourth-order valence-electron chi connectivity index (χ4n) is 0.960. The van der Waals surface area contributed by atoms with E-state index in [2.05, 4.69) is 10.3 Å². The first-order chi connectivity index (χ1) is 7.77. The average Bonchev–Trinajstić information content (AvgIpc) is 2.81. The maximum absolute atomic E-state index is 11.5. The van der Waals surface area contributed by atoms with Gasteiger partial charge in [-0.3, -0.25) is 10.1 Å². The molecule has 0 spiro atoms. The van der Waals surface area contributed by atoms with E-state index in [1.54, 1.807) is 19.2 Å². The SMILES string of the molecule is COCCN=C(NC(=O)c1ccco1)OC. The minimum atomic E-state index is -0.400. The lowest BCUT2D eigenvalue weighted by Crippen LogP contribution is -2.31. The Kier molecular flexibility index (Phi) is 5.07. The number of carbonyl (C=O) groups excluding carboxylic acids is 1. The third-order valence-electron chi connectivity index (χ3n) is 1.71. The molecule has 6 heteroatoms. The monoisotopic (exact) mass is 226 g/mol. The standard InChI is InChI=1S/C10H14N2O4/c1-14-7-5-11-10(15-2)12-9(13)8-4-3-6-16-8/h3-4,6H,5,7H2,1-2H3,(H,11,12,13). The summed E-state index contributed by atoms with van der Waals surface area (Å²) in [5, 5.41) is 2.47. The van der Waals surface area contributed by atoms with E-state index in [0.717, 1.165) is 0 Å². The third kappa shape index (κ3) is 3.74. The Morgan fingerprint density at radius 2 is 2.38 bits per heavy atom. The van der Waals surface area contributed by atoms with Crippen LogP contribution < -0.4 is 5.32 Å². The number of carbonyl (C=O) groups is 1. The smallest absolute Gasteiger partial charge is 0.294 e. The number of nitrogens with zero attached hydrogens (tertiary/aromatic N) is 1. The largest absolute Gasteiger partial charge is 0.468 e. The number of furan rings is 1.